The number of fused-ring (bicyclic) bond motifs is 1. The SMILES string of the molecule is Cc1[nH]nc2c1/C(=N\N=C(N)N)CC(c1ccccc1O)C2.Cl. The van der Waals surface area contributed by atoms with Gasteiger partial charge in [0.25, 0.3) is 0 Å². The molecule has 1 aliphatic rings. The summed E-state index contributed by atoms with van der Waals surface area (Å²) in [5.41, 5.74) is 15.2. The Morgan fingerprint density at radius 3 is 2.74 bits per heavy atom. The molecule has 0 radical (unpaired) electrons. The molecule has 0 spiro atoms. The highest BCUT2D eigenvalue weighted by Gasteiger charge is 2.30. The Bertz CT molecular complexity index is 763. The quantitative estimate of drug-likeness (QED) is 0.377. The van der Waals surface area contributed by atoms with Crippen LogP contribution in [-0.2, 0) is 6.42 Å². The second-order valence-corrected chi connectivity index (χ2v) is 5.41. The zero-order valence-electron chi connectivity index (χ0n) is 12.7. The van der Waals surface area contributed by atoms with E-state index in [9.17, 15) is 5.11 Å². The highest BCUT2D eigenvalue weighted by molar-refractivity contribution is 6.04. The third-order valence-electron chi connectivity index (χ3n) is 3.85. The van der Waals surface area contributed by atoms with Crippen LogP contribution in [0.4, 0.5) is 0 Å². The lowest BCUT2D eigenvalue weighted by atomic mass is 9.81. The summed E-state index contributed by atoms with van der Waals surface area (Å²) < 4.78 is 0. The summed E-state index contributed by atoms with van der Waals surface area (Å²) in [5.74, 6) is 0.286. The third-order valence-corrected chi connectivity index (χ3v) is 3.85. The molecule has 8 heteroatoms. The van der Waals surface area contributed by atoms with Gasteiger partial charge in [-0.2, -0.15) is 10.2 Å². The number of benzene rings is 1. The molecule has 0 amide bonds. The fourth-order valence-electron chi connectivity index (χ4n) is 2.91. The maximum Gasteiger partial charge on any atom is 0.211 e. The number of aromatic hydroxyl groups is 1. The van der Waals surface area contributed by atoms with Gasteiger partial charge in [-0.3, -0.25) is 5.10 Å². The second-order valence-electron chi connectivity index (χ2n) is 5.41. The first-order valence-corrected chi connectivity index (χ1v) is 7.04. The molecule has 122 valence electrons. The van der Waals surface area contributed by atoms with Gasteiger partial charge in [0.15, 0.2) is 0 Å². The van der Waals surface area contributed by atoms with E-state index >= 15 is 0 Å². The van der Waals surface area contributed by atoms with Gasteiger partial charge in [0.1, 0.15) is 5.75 Å². The first-order chi connectivity index (χ1) is 10.6. The molecule has 23 heavy (non-hydrogen) atoms. The van der Waals surface area contributed by atoms with Crippen molar-refractivity contribution in [3.05, 3.63) is 46.8 Å². The summed E-state index contributed by atoms with van der Waals surface area (Å²) in [6.07, 6.45) is 1.37. The van der Waals surface area contributed by atoms with Gasteiger partial charge in [-0.1, -0.05) is 18.2 Å². The van der Waals surface area contributed by atoms with Crippen molar-refractivity contribution >= 4 is 24.1 Å². The molecule has 0 fully saturated rings. The van der Waals surface area contributed by atoms with Crippen LogP contribution in [0.15, 0.2) is 34.5 Å². The Labute approximate surface area is 139 Å². The van der Waals surface area contributed by atoms with Gasteiger partial charge < -0.3 is 16.6 Å². The van der Waals surface area contributed by atoms with Crippen molar-refractivity contribution in [1.29, 1.82) is 0 Å². The number of H-pyrrole nitrogens is 1. The molecule has 6 N–H and O–H groups in total. The molecule has 1 aromatic carbocycles. The zero-order valence-corrected chi connectivity index (χ0v) is 13.5. The molecule has 0 bridgehead atoms. The lowest BCUT2D eigenvalue weighted by Crippen LogP contribution is -2.23. The Morgan fingerprint density at radius 2 is 2.04 bits per heavy atom. The van der Waals surface area contributed by atoms with E-state index in [2.05, 4.69) is 20.4 Å². The number of aromatic amines is 1. The minimum Gasteiger partial charge on any atom is -0.508 e. The van der Waals surface area contributed by atoms with Crippen molar-refractivity contribution in [3.63, 3.8) is 0 Å². The lowest BCUT2D eigenvalue weighted by molar-refractivity contribution is 0.460. The van der Waals surface area contributed by atoms with Crippen molar-refractivity contribution in [2.24, 2.45) is 21.7 Å². The smallest absolute Gasteiger partial charge is 0.211 e. The van der Waals surface area contributed by atoms with Gasteiger partial charge in [0.05, 0.1) is 11.4 Å². The number of nitrogens with zero attached hydrogens (tertiary/aromatic N) is 3. The normalized spacial score (nSPS) is 18.1. The molecule has 1 aliphatic carbocycles. The van der Waals surface area contributed by atoms with Gasteiger partial charge >= 0.3 is 0 Å². The molecule has 0 saturated carbocycles. The summed E-state index contributed by atoms with van der Waals surface area (Å²) >= 11 is 0. The topological polar surface area (TPSA) is 126 Å². The number of aromatic nitrogens is 2. The number of hydrogen-bond acceptors (Lipinski definition) is 4. The number of para-hydroxylation sites is 1. The maximum atomic E-state index is 10.1. The molecule has 7 nitrogen and oxygen atoms in total. The summed E-state index contributed by atoms with van der Waals surface area (Å²) in [4.78, 5) is 0. The van der Waals surface area contributed by atoms with Crippen LogP contribution in [0.1, 0.15) is 34.9 Å². The second kappa shape index (κ2) is 6.70. The van der Waals surface area contributed by atoms with Gasteiger partial charge in [0.2, 0.25) is 5.96 Å². The number of phenols is 1. The van der Waals surface area contributed by atoms with Crippen LogP contribution in [0.2, 0.25) is 0 Å². The number of aryl methyl sites for hydroxylation is 1. The van der Waals surface area contributed by atoms with Gasteiger partial charge in [0, 0.05) is 11.3 Å². The van der Waals surface area contributed by atoms with E-state index in [4.69, 9.17) is 11.5 Å². The lowest BCUT2D eigenvalue weighted by Gasteiger charge is -2.23. The number of rotatable bonds is 2. The van der Waals surface area contributed by atoms with E-state index < -0.39 is 0 Å². The van der Waals surface area contributed by atoms with E-state index in [1.54, 1.807) is 12.1 Å². The summed E-state index contributed by atoms with van der Waals surface area (Å²) in [6.45, 7) is 1.94. The zero-order chi connectivity index (χ0) is 15.7. The van der Waals surface area contributed by atoms with E-state index in [-0.39, 0.29) is 30.0 Å². The minimum atomic E-state index is -0.0834. The highest BCUT2D eigenvalue weighted by atomic mass is 35.5. The van der Waals surface area contributed by atoms with Crippen LogP contribution in [-0.4, -0.2) is 27.0 Å². The predicted molar refractivity (Wildman–Crippen MR) is 92.1 cm³/mol. The number of nitrogens with one attached hydrogen (secondary N) is 1. The largest absolute Gasteiger partial charge is 0.508 e. The average molecular weight is 335 g/mol. The fraction of sp³-hybridized carbons (Fsp3) is 0.267. The van der Waals surface area contributed by atoms with Crippen LogP contribution in [0.3, 0.4) is 0 Å². The van der Waals surface area contributed by atoms with E-state index in [0.717, 1.165) is 34.6 Å². The van der Waals surface area contributed by atoms with Gasteiger partial charge in [-0.25, -0.2) is 0 Å². The molecular weight excluding hydrogens is 316 g/mol. The summed E-state index contributed by atoms with van der Waals surface area (Å²) in [5, 5.41) is 25.4. The van der Waals surface area contributed by atoms with Crippen LogP contribution in [0.25, 0.3) is 0 Å². The number of hydrogen-bond donors (Lipinski definition) is 4. The van der Waals surface area contributed by atoms with Crippen LogP contribution in [0.5, 0.6) is 5.75 Å². The Balaban J connectivity index is 0.00000192. The van der Waals surface area contributed by atoms with Crippen molar-refractivity contribution in [2.75, 3.05) is 0 Å². The molecule has 1 aromatic heterocycles. The van der Waals surface area contributed by atoms with Crippen LogP contribution >= 0.6 is 12.4 Å². The first-order valence-electron chi connectivity index (χ1n) is 7.04. The molecular formula is C15H19ClN6O. The standard InChI is InChI=1S/C15H18N6O.ClH/c1-8-14-11(19-18-8)6-9(7-12(14)20-21-15(16)17)10-4-2-3-5-13(10)22;/h2-5,9,22H,6-7H2,1H3,(H,18,19)(H4,16,17,21);1H/b20-12-;. The van der Waals surface area contributed by atoms with Crippen molar-refractivity contribution in [1.82, 2.24) is 10.2 Å². The van der Waals surface area contributed by atoms with Crippen molar-refractivity contribution in [3.8, 4) is 5.75 Å². The van der Waals surface area contributed by atoms with Crippen LogP contribution < -0.4 is 11.5 Å². The van der Waals surface area contributed by atoms with Crippen molar-refractivity contribution in [2.45, 2.75) is 25.7 Å². The van der Waals surface area contributed by atoms with E-state index in [0.29, 0.717) is 6.42 Å². The number of phenolic OH excluding ortho intramolecular Hbond substituents is 1. The molecule has 1 unspecified atom stereocenters. The highest BCUT2D eigenvalue weighted by Crippen LogP contribution is 2.36. The number of halogens is 1. The maximum absolute atomic E-state index is 10.1. The molecule has 0 aliphatic heterocycles. The predicted octanol–water partition coefficient (Wildman–Crippen LogP) is 1.55. The van der Waals surface area contributed by atoms with Crippen molar-refractivity contribution < 1.29 is 5.11 Å². The Morgan fingerprint density at radius 1 is 1.30 bits per heavy atom. The monoisotopic (exact) mass is 334 g/mol. The minimum absolute atomic E-state index is 0. The van der Waals surface area contributed by atoms with Gasteiger partial charge in [-0.15, -0.1) is 17.5 Å². The molecule has 1 atom stereocenters. The van der Waals surface area contributed by atoms with E-state index in [1.165, 1.54) is 0 Å². The summed E-state index contributed by atoms with van der Waals surface area (Å²) in [6, 6.07) is 7.32. The Kier molecular flexibility index (Phi) is 4.90. The summed E-state index contributed by atoms with van der Waals surface area (Å²) in [7, 11) is 0. The van der Waals surface area contributed by atoms with Crippen LogP contribution in [0, 0.1) is 6.92 Å². The Hall–Kier alpha value is -2.54. The molecule has 0 saturated heterocycles. The average Bonchev–Trinajstić information content (AvgIpc) is 2.87. The molecule has 1 heterocycles. The van der Waals surface area contributed by atoms with Gasteiger partial charge in [-0.05, 0) is 37.3 Å². The first kappa shape index (κ1) is 16.8. The number of nitrogens with two attached hydrogens (primary N) is 2. The number of guanidine groups is 1. The third kappa shape index (κ3) is 3.29. The molecule has 2 aromatic rings. The fourth-order valence-corrected chi connectivity index (χ4v) is 2.91. The molecule has 3 rings (SSSR count). The van der Waals surface area contributed by atoms with E-state index in [1.807, 2.05) is 19.1 Å².